The van der Waals surface area contributed by atoms with Crippen LogP contribution in [0.5, 0.6) is 0 Å². The molecule has 2 aromatic carbocycles. The Bertz CT molecular complexity index is 660. The van der Waals surface area contributed by atoms with Crippen LogP contribution in [0.3, 0.4) is 0 Å². The SMILES string of the molecule is CC1CCCc2ccc(-c3ccccc3F)cc2C1=O. The van der Waals surface area contributed by atoms with Crippen LogP contribution in [0, 0.1) is 11.7 Å². The van der Waals surface area contributed by atoms with Crippen molar-refractivity contribution in [2.24, 2.45) is 5.92 Å². The summed E-state index contributed by atoms with van der Waals surface area (Å²) in [5, 5.41) is 0. The summed E-state index contributed by atoms with van der Waals surface area (Å²) >= 11 is 0. The third-order valence-electron chi connectivity index (χ3n) is 4.09. The molecule has 1 atom stereocenters. The smallest absolute Gasteiger partial charge is 0.165 e. The first-order valence-corrected chi connectivity index (χ1v) is 7.09. The van der Waals surface area contributed by atoms with Crippen LogP contribution in [0.15, 0.2) is 42.5 Å². The summed E-state index contributed by atoms with van der Waals surface area (Å²) in [5.74, 6) is 0.00405. The van der Waals surface area contributed by atoms with Gasteiger partial charge in [0.15, 0.2) is 5.78 Å². The lowest BCUT2D eigenvalue weighted by molar-refractivity contribution is 0.0927. The average molecular weight is 268 g/mol. The van der Waals surface area contributed by atoms with Crippen molar-refractivity contribution in [1.82, 2.24) is 0 Å². The summed E-state index contributed by atoms with van der Waals surface area (Å²) in [5.41, 5.74) is 3.21. The molecular weight excluding hydrogens is 251 g/mol. The summed E-state index contributed by atoms with van der Waals surface area (Å²) in [6, 6.07) is 12.4. The van der Waals surface area contributed by atoms with Crippen molar-refractivity contribution < 1.29 is 9.18 Å². The van der Waals surface area contributed by atoms with Gasteiger partial charge in [0.25, 0.3) is 0 Å². The highest BCUT2D eigenvalue weighted by Crippen LogP contribution is 2.30. The molecule has 1 aliphatic rings. The molecule has 0 heterocycles. The molecule has 0 saturated carbocycles. The molecule has 0 spiro atoms. The predicted molar refractivity (Wildman–Crippen MR) is 78.3 cm³/mol. The van der Waals surface area contributed by atoms with E-state index in [1.165, 1.54) is 6.07 Å². The Morgan fingerprint density at radius 1 is 1.10 bits per heavy atom. The number of hydrogen-bond donors (Lipinski definition) is 0. The highest BCUT2D eigenvalue weighted by atomic mass is 19.1. The van der Waals surface area contributed by atoms with E-state index >= 15 is 0 Å². The van der Waals surface area contributed by atoms with E-state index in [0.717, 1.165) is 36.0 Å². The zero-order chi connectivity index (χ0) is 14.1. The van der Waals surface area contributed by atoms with Crippen LogP contribution in [-0.4, -0.2) is 5.78 Å². The highest BCUT2D eigenvalue weighted by molar-refractivity contribution is 6.00. The molecule has 0 N–H and O–H groups in total. The van der Waals surface area contributed by atoms with E-state index < -0.39 is 0 Å². The quantitative estimate of drug-likeness (QED) is 0.688. The number of aryl methyl sites for hydroxylation is 1. The van der Waals surface area contributed by atoms with Gasteiger partial charge in [0, 0.05) is 17.0 Å². The van der Waals surface area contributed by atoms with E-state index in [1.807, 2.05) is 31.2 Å². The largest absolute Gasteiger partial charge is 0.294 e. The molecule has 0 aliphatic heterocycles. The Morgan fingerprint density at radius 3 is 2.70 bits per heavy atom. The van der Waals surface area contributed by atoms with Gasteiger partial charge in [0.2, 0.25) is 0 Å². The van der Waals surface area contributed by atoms with Gasteiger partial charge in [-0.1, -0.05) is 37.3 Å². The van der Waals surface area contributed by atoms with Crippen molar-refractivity contribution in [3.05, 3.63) is 59.4 Å². The fourth-order valence-corrected chi connectivity index (χ4v) is 2.88. The maximum atomic E-state index is 13.9. The Kier molecular flexibility index (Phi) is 3.39. The van der Waals surface area contributed by atoms with E-state index in [4.69, 9.17) is 0 Å². The third kappa shape index (κ3) is 2.26. The predicted octanol–water partition coefficient (Wildman–Crippen LogP) is 4.65. The minimum Gasteiger partial charge on any atom is -0.294 e. The molecule has 0 aromatic heterocycles. The number of rotatable bonds is 1. The van der Waals surface area contributed by atoms with Crippen molar-refractivity contribution in [2.45, 2.75) is 26.2 Å². The topological polar surface area (TPSA) is 17.1 Å². The standard InChI is InChI=1S/C18H17FO/c1-12-5-4-6-13-9-10-14(11-16(13)18(12)20)15-7-2-3-8-17(15)19/h2-3,7-12H,4-6H2,1H3. The highest BCUT2D eigenvalue weighted by Gasteiger charge is 2.22. The number of ketones is 1. The number of carbonyl (C=O) groups is 1. The zero-order valence-electron chi connectivity index (χ0n) is 11.5. The molecule has 1 aliphatic carbocycles. The Labute approximate surface area is 118 Å². The molecule has 102 valence electrons. The fourth-order valence-electron chi connectivity index (χ4n) is 2.88. The van der Waals surface area contributed by atoms with Gasteiger partial charge in [0.05, 0.1) is 0 Å². The monoisotopic (exact) mass is 268 g/mol. The lowest BCUT2D eigenvalue weighted by Gasteiger charge is -2.10. The van der Waals surface area contributed by atoms with Crippen molar-refractivity contribution in [2.75, 3.05) is 0 Å². The molecule has 0 amide bonds. The van der Waals surface area contributed by atoms with E-state index in [0.29, 0.717) is 5.56 Å². The van der Waals surface area contributed by atoms with Gasteiger partial charge in [-0.05, 0) is 42.5 Å². The molecular formula is C18H17FO. The van der Waals surface area contributed by atoms with Crippen LogP contribution in [0.25, 0.3) is 11.1 Å². The number of hydrogen-bond acceptors (Lipinski definition) is 1. The second kappa shape index (κ2) is 5.20. The minimum absolute atomic E-state index is 0.0621. The van der Waals surface area contributed by atoms with Gasteiger partial charge in [-0.3, -0.25) is 4.79 Å². The van der Waals surface area contributed by atoms with Gasteiger partial charge < -0.3 is 0 Å². The zero-order valence-corrected chi connectivity index (χ0v) is 11.5. The van der Waals surface area contributed by atoms with Gasteiger partial charge in [-0.15, -0.1) is 0 Å². The van der Waals surface area contributed by atoms with Crippen LogP contribution in [0.1, 0.15) is 35.7 Å². The Balaban J connectivity index is 2.11. The summed E-state index contributed by atoms with van der Waals surface area (Å²) in [4.78, 5) is 12.4. The van der Waals surface area contributed by atoms with Crippen molar-refractivity contribution in [1.29, 1.82) is 0 Å². The van der Waals surface area contributed by atoms with Gasteiger partial charge in [-0.25, -0.2) is 4.39 Å². The van der Waals surface area contributed by atoms with E-state index in [-0.39, 0.29) is 17.5 Å². The maximum Gasteiger partial charge on any atom is 0.165 e. The van der Waals surface area contributed by atoms with Crippen molar-refractivity contribution >= 4 is 5.78 Å². The van der Waals surface area contributed by atoms with E-state index in [2.05, 4.69) is 0 Å². The summed E-state index contributed by atoms with van der Waals surface area (Å²) < 4.78 is 13.9. The van der Waals surface area contributed by atoms with Crippen LogP contribution >= 0.6 is 0 Å². The minimum atomic E-state index is -0.249. The third-order valence-corrected chi connectivity index (χ3v) is 4.09. The molecule has 20 heavy (non-hydrogen) atoms. The average Bonchev–Trinajstić information content (AvgIpc) is 2.60. The molecule has 1 unspecified atom stereocenters. The molecule has 0 saturated heterocycles. The lowest BCUT2D eigenvalue weighted by atomic mass is 9.93. The second-order valence-corrected chi connectivity index (χ2v) is 5.51. The summed E-state index contributed by atoms with van der Waals surface area (Å²) in [7, 11) is 0. The molecule has 2 aromatic rings. The number of halogens is 1. The Hall–Kier alpha value is -1.96. The molecule has 2 heteroatoms. The summed E-state index contributed by atoms with van der Waals surface area (Å²) in [6.45, 7) is 1.98. The normalized spacial score (nSPS) is 18.5. The lowest BCUT2D eigenvalue weighted by Crippen LogP contribution is -2.10. The van der Waals surface area contributed by atoms with Crippen molar-refractivity contribution in [3.63, 3.8) is 0 Å². The first-order chi connectivity index (χ1) is 9.66. The molecule has 0 fully saturated rings. The molecule has 0 radical (unpaired) electrons. The first-order valence-electron chi connectivity index (χ1n) is 7.09. The van der Waals surface area contributed by atoms with Crippen molar-refractivity contribution in [3.8, 4) is 11.1 Å². The second-order valence-electron chi connectivity index (χ2n) is 5.51. The number of Topliss-reactive ketones (excluding diaryl/α,β-unsaturated/α-hetero) is 1. The summed E-state index contributed by atoms with van der Waals surface area (Å²) in [6.07, 6.45) is 2.91. The van der Waals surface area contributed by atoms with Gasteiger partial charge in [0.1, 0.15) is 5.82 Å². The fraction of sp³-hybridized carbons (Fsp3) is 0.278. The molecule has 1 nitrogen and oxygen atoms in total. The Morgan fingerprint density at radius 2 is 1.90 bits per heavy atom. The van der Waals surface area contributed by atoms with E-state index in [9.17, 15) is 9.18 Å². The van der Waals surface area contributed by atoms with Crippen LogP contribution < -0.4 is 0 Å². The molecule has 0 bridgehead atoms. The number of fused-ring (bicyclic) bond motifs is 1. The molecule has 3 rings (SSSR count). The van der Waals surface area contributed by atoms with Gasteiger partial charge in [-0.2, -0.15) is 0 Å². The van der Waals surface area contributed by atoms with Crippen LogP contribution in [-0.2, 0) is 6.42 Å². The first kappa shape index (κ1) is 13.0. The maximum absolute atomic E-state index is 13.9. The number of benzene rings is 2. The van der Waals surface area contributed by atoms with Crippen LogP contribution in [0.2, 0.25) is 0 Å². The van der Waals surface area contributed by atoms with Gasteiger partial charge >= 0.3 is 0 Å². The van der Waals surface area contributed by atoms with E-state index in [1.54, 1.807) is 12.1 Å². The number of carbonyl (C=O) groups excluding carboxylic acids is 1. The van der Waals surface area contributed by atoms with Crippen LogP contribution in [0.4, 0.5) is 4.39 Å².